The molecule has 1 aromatic heterocycles. The first-order valence-electron chi connectivity index (χ1n) is 8.29. The molecule has 0 saturated carbocycles. The summed E-state index contributed by atoms with van der Waals surface area (Å²) in [4.78, 5) is 0. The van der Waals surface area contributed by atoms with Crippen molar-refractivity contribution in [1.29, 1.82) is 0 Å². The zero-order valence-electron chi connectivity index (χ0n) is 13.9. The largest absolute Gasteiger partial charge is 0.384 e. The van der Waals surface area contributed by atoms with Gasteiger partial charge in [0.15, 0.2) is 0 Å². The molecule has 1 rings (SSSR count). The van der Waals surface area contributed by atoms with E-state index < -0.39 is 0 Å². The van der Waals surface area contributed by atoms with Gasteiger partial charge in [0, 0.05) is 18.0 Å². The van der Waals surface area contributed by atoms with Gasteiger partial charge >= 0.3 is 0 Å². The van der Waals surface area contributed by atoms with E-state index in [4.69, 9.17) is 5.73 Å². The number of rotatable bonds is 9. The zero-order valence-corrected chi connectivity index (χ0v) is 13.9. The van der Waals surface area contributed by atoms with Gasteiger partial charge in [0.05, 0.1) is 5.69 Å². The van der Waals surface area contributed by atoms with Crippen LogP contribution in [0.1, 0.15) is 84.8 Å². The van der Waals surface area contributed by atoms with Crippen molar-refractivity contribution < 1.29 is 0 Å². The molecule has 2 N–H and O–H groups in total. The van der Waals surface area contributed by atoms with E-state index in [1.807, 2.05) is 10.7 Å². The Labute approximate surface area is 124 Å². The molecular formula is C17H33N3. The average Bonchev–Trinajstić information content (AvgIpc) is 2.74. The zero-order chi connectivity index (χ0) is 15.0. The van der Waals surface area contributed by atoms with Gasteiger partial charge in [0.1, 0.15) is 5.82 Å². The van der Waals surface area contributed by atoms with Gasteiger partial charge in [-0.15, -0.1) is 0 Å². The maximum Gasteiger partial charge on any atom is 0.121 e. The standard InChI is InChI=1S/C17H33N3/c1-5-6-7-8-9-10-11-12-13-20-16(18)14-15(19-20)17(2,3)4/h14H,5-13,18H2,1-4H3. The highest BCUT2D eigenvalue weighted by atomic mass is 15.3. The molecule has 0 aromatic carbocycles. The van der Waals surface area contributed by atoms with Gasteiger partial charge < -0.3 is 5.73 Å². The van der Waals surface area contributed by atoms with Gasteiger partial charge in [0.25, 0.3) is 0 Å². The molecule has 0 aliphatic rings. The summed E-state index contributed by atoms with van der Waals surface area (Å²) >= 11 is 0. The quantitative estimate of drug-likeness (QED) is 0.653. The summed E-state index contributed by atoms with van der Waals surface area (Å²) < 4.78 is 1.97. The third-order valence-corrected chi connectivity index (χ3v) is 3.80. The number of unbranched alkanes of at least 4 members (excludes halogenated alkanes) is 7. The Morgan fingerprint density at radius 1 is 1.00 bits per heavy atom. The molecule has 1 heterocycles. The molecule has 0 amide bonds. The van der Waals surface area contributed by atoms with Crippen molar-refractivity contribution in [2.75, 3.05) is 5.73 Å². The van der Waals surface area contributed by atoms with Crippen molar-refractivity contribution in [2.45, 2.75) is 91.0 Å². The first-order valence-corrected chi connectivity index (χ1v) is 8.29. The summed E-state index contributed by atoms with van der Waals surface area (Å²) in [6.07, 6.45) is 10.7. The highest BCUT2D eigenvalue weighted by Gasteiger charge is 2.18. The molecule has 0 radical (unpaired) electrons. The Kier molecular flexibility index (Phi) is 7.11. The van der Waals surface area contributed by atoms with Crippen LogP contribution in [0.5, 0.6) is 0 Å². The van der Waals surface area contributed by atoms with Crippen LogP contribution in [0.25, 0.3) is 0 Å². The number of hydrogen-bond acceptors (Lipinski definition) is 2. The van der Waals surface area contributed by atoms with E-state index in [-0.39, 0.29) is 5.41 Å². The van der Waals surface area contributed by atoms with Crippen molar-refractivity contribution >= 4 is 5.82 Å². The lowest BCUT2D eigenvalue weighted by Crippen LogP contribution is -2.13. The van der Waals surface area contributed by atoms with Crippen LogP contribution >= 0.6 is 0 Å². The minimum Gasteiger partial charge on any atom is -0.384 e. The number of nitrogen functional groups attached to an aromatic ring is 1. The smallest absolute Gasteiger partial charge is 0.121 e. The molecule has 0 aliphatic carbocycles. The van der Waals surface area contributed by atoms with Crippen LogP contribution < -0.4 is 5.73 Å². The van der Waals surface area contributed by atoms with E-state index in [1.54, 1.807) is 0 Å². The number of anilines is 1. The van der Waals surface area contributed by atoms with Crippen molar-refractivity contribution in [2.24, 2.45) is 0 Å². The van der Waals surface area contributed by atoms with E-state index in [0.717, 1.165) is 18.1 Å². The summed E-state index contributed by atoms with van der Waals surface area (Å²) in [6, 6.07) is 2.02. The Morgan fingerprint density at radius 3 is 2.05 bits per heavy atom. The average molecular weight is 279 g/mol. The molecule has 0 aliphatic heterocycles. The normalized spacial score (nSPS) is 12.0. The SMILES string of the molecule is CCCCCCCCCCn1nc(C(C)(C)C)cc1N. The number of nitrogens with two attached hydrogens (primary N) is 1. The van der Waals surface area contributed by atoms with Gasteiger partial charge in [-0.2, -0.15) is 5.10 Å². The fourth-order valence-electron chi connectivity index (χ4n) is 2.37. The molecule has 20 heavy (non-hydrogen) atoms. The molecule has 3 nitrogen and oxygen atoms in total. The van der Waals surface area contributed by atoms with E-state index in [9.17, 15) is 0 Å². The topological polar surface area (TPSA) is 43.8 Å². The van der Waals surface area contributed by atoms with Crippen molar-refractivity contribution in [3.63, 3.8) is 0 Å². The van der Waals surface area contributed by atoms with Crippen LogP contribution in [0.15, 0.2) is 6.07 Å². The maximum absolute atomic E-state index is 6.03. The van der Waals surface area contributed by atoms with E-state index in [1.165, 1.54) is 51.4 Å². The number of nitrogens with zero attached hydrogens (tertiary/aromatic N) is 2. The monoisotopic (exact) mass is 279 g/mol. The first kappa shape index (κ1) is 17.1. The summed E-state index contributed by atoms with van der Waals surface area (Å²) in [5, 5.41) is 4.63. The molecule has 0 unspecified atom stereocenters. The van der Waals surface area contributed by atoms with Gasteiger partial charge in [-0.3, -0.25) is 0 Å². The van der Waals surface area contributed by atoms with Crippen LogP contribution in [0.2, 0.25) is 0 Å². The lowest BCUT2D eigenvalue weighted by molar-refractivity contribution is 0.501. The maximum atomic E-state index is 6.03. The Balaban J connectivity index is 2.21. The fourth-order valence-corrected chi connectivity index (χ4v) is 2.37. The van der Waals surface area contributed by atoms with Gasteiger partial charge in [-0.25, -0.2) is 4.68 Å². The molecule has 0 atom stereocenters. The van der Waals surface area contributed by atoms with Gasteiger partial charge in [-0.1, -0.05) is 72.6 Å². The van der Waals surface area contributed by atoms with Crippen LogP contribution in [-0.2, 0) is 12.0 Å². The summed E-state index contributed by atoms with van der Waals surface area (Å²) in [5.74, 6) is 0.804. The second-order valence-electron chi connectivity index (χ2n) is 6.90. The van der Waals surface area contributed by atoms with Crippen LogP contribution in [-0.4, -0.2) is 9.78 Å². The minimum atomic E-state index is 0.0820. The highest BCUT2D eigenvalue weighted by Crippen LogP contribution is 2.22. The second kappa shape index (κ2) is 8.33. The third-order valence-electron chi connectivity index (χ3n) is 3.80. The Bertz CT molecular complexity index is 374. The van der Waals surface area contributed by atoms with Crippen molar-refractivity contribution in [3.8, 4) is 0 Å². The second-order valence-corrected chi connectivity index (χ2v) is 6.90. The molecule has 3 heteroatoms. The molecule has 0 spiro atoms. The summed E-state index contributed by atoms with van der Waals surface area (Å²) in [5.41, 5.74) is 7.21. The molecular weight excluding hydrogens is 246 g/mol. The first-order chi connectivity index (χ1) is 9.45. The van der Waals surface area contributed by atoms with E-state index >= 15 is 0 Å². The summed E-state index contributed by atoms with van der Waals surface area (Å²) in [6.45, 7) is 9.75. The molecule has 0 bridgehead atoms. The summed E-state index contributed by atoms with van der Waals surface area (Å²) in [7, 11) is 0. The van der Waals surface area contributed by atoms with E-state index in [0.29, 0.717) is 0 Å². The Hall–Kier alpha value is -0.990. The van der Waals surface area contributed by atoms with Crippen LogP contribution in [0.3, 0.4) is 0 Å². The lowest BCUT2D eigenvalue weighted by atomic mass is 9.92. The number of aryl methyl sites for hydroxylation is 1. The fraction of sp³-hybridized carbons (Fsp3) is 0.824. The molecule has 1 aromatic rings. The minimum absolute atomic E-state index is 0.0820. The third kappa shape index (κ3) is 5.98. The molecule has 116 valence electrons. The van der Waals surface area contributed by atoms with Crippen molar-refractivity contribution in [3.05, 3.63) is 11.8 Å². The highest BCUT2D eigenvalue weighted by molar-refractivity contribution is 5.33. The Morgan fingerprint density at radius 2 is 1.55 bits per heavy atom. The predicted molar refractivity (Wildman–Crippen MR) is 87.9 cm³/mol. The van der Waals surface area contributed by atoms with Gasteiger partial charge in [-0.05, 0) is 6.42 Å². The predicted octanol–water partition coefficient (Wildman–Crippen LogP) is 4.90. The van der Waals surface area contributed by atoms with E-state index in [2.05, 4.69) is 32.8 Å². The van der Waals surface area contributed by atoms with Crippen LogP contribution in [0, 0.1) is 0 Å². The van der Waals surface area contributed by atoms with Crippen molar-refractivity contribution in [1.82, 2.24) is 9.78 Å². The molecule has 0 fully saturated rings. The number of hydrogen-bond donors (Lipinski definition) is 1. The van der Waals surface area contributed by atoms with Crippen LogP contribution in [0.4, 0.5) is 5.82 Å². The lowest BCUT2D eigenvalue weighted by Gasteiger charge is -2.14. The number of aromatic nitrogens is 2. The van der Waals surface area contributed by atoms with Gasteiger partial charge in [0.2, 0.25) is 0 Å². The molecule has 0 saturated heterocycles.